The second kappa shape index (κ2) is 8.30. The van der Waals surface area contributed by atoms with Crippen LogP contribution >= 0.6 is 11.3 Å². The van der Waals surface area contributed by atoms with Crippen LogP contribution in [0.3, 0.4) is 0 Å². The van der Waals surface area contributed by atoms with Gasteiger partial charge in [0.05, 0.1) is 4.90 Å². The van der Waals surface area contributed by atoms with E-state index in [0.29, 0.717) is 25.2 Å². The maximum atomic E-state index is 12.8. The first-order valence-corrected chi connectivity index (χ1v) is 11.0. The Kier molecular flexibility index (Phi) is 6.08. The monoisotopic (exact) mass is 393 g/mol. The van der Waals surface area contributed by atoms with E-state index in [9.17, 15) is 13.2 Å². The van der Waals surface area contributed by atoms with E-state index in [1.807, 2.05) is 6.07 Å². The Hall–Kier alpha value is -1.74. The molecule has 0 aliphatic carbocycles. The SMILES string of the molecule is CCNS(=O)(=O)c1cccc(C(=O)N2CCN(Cc3cccs3)CC2)c1. The van der Waals surface area contributed by atoms with Crippen LogP contribution < -0.4 is 4.72 Å². The number of carbonyl (C=O) groups is 1. The molecule has 3 rings (SSSR count). The van der Waals surface area contributed by atoms with Gasteiger partial charge in [-0.05, 0) is 29.6 Å². The van der Waals surface area contributed by atoms with Gasteiger partial charge in [0.1, 0.15) is 0 Å². The minimum atomic E-state index is -3.56. The van der Waals surface area contributed by atoms with Gasteiger partial charge >= 0.3 is 0 Å². The van der Waals surface area contributed by atoms with Crippen molar-refractivity contribution in [1.29, 1.82) is 0 Å². The molecule has 0 bridgehead atoms. The number of rotatable bonds is 6. The molecule has 2 aromatic rings. The van der Waals surface area contributed by atoms with E-state index < -0.39 is 10.0 Å². The summed E-state index contributed by atoms with van der Waals surface area (Å²) in [7, 11) is -3.56. The predicted molar refractivity (Wildman–Crippen MR) is 103 cm³/mol. The van der Waals surface area contributed by atoms with Crippen LogP contribution in [-0.4, -0.2) is 56.8 Å². The van der Waals surface area contributed by atoms with Crippen molar-refractivity contribution in [3.63, 3.8) is 0 Å². The summed E-state index contributed by atoms with van der Waals surface area (Å²) in [5, 5.41) is 2.07. The number of benzene rings is 1. The third-order valence-corrected chi connectivity index (χ3v) is 6.75. The highest BCUT2D eigenvalue weighted by atomic mass is 32.2. The molecular formula is C18H23N3O3S2. The Labute approximate surface area is 158 Å². The first kappa shape index (κ1) is 19.0. The van der Waals surface area contributed by atoms with Gasteiger partial charge in [-0.15, -0.1) is 11.3 Å². The van der Waals surface area contributed by atoms with Gasteiger partial charge in [-0.3, -0.25) is 9.69 Å². The van der Waals surface area contributed by atoms with Crippen molar-refractivity contribution in [2.75, 3.05) is 32.7 Å². The molecule has 0 saturated carbocycles. The Bertz CT molecular complexity index is 842. The van der Waals surface area contributed by atoms with Gasteiger partial charge in [0.25, 0.3) is 5.91 Å². The minimum absolute atomic E-state index is 0.116. The minimum Gasteiger partial charge on any atom is -0.336 e. The average molecular weight is 394 g/mol. The first-order valence-electron chi connectivity index (χ1n) is 8.63. The molecule has 0 unspecified atom stereocenters. The lowest BCUT2D eigenvalue weighted by Crippen LogP contribution is -2.48. The molecule has 1 N–H and O–H groups in total. The third kappa shape index (κ3) is 4.50. The van der Waals surface area contributed by atoms with E-state index >= 15 is 0 Å². The number of nitrogens with one attached hydrogen (secondary N) is 1. The number of amides is 1. The van der Waals surface area contributed by atoms with Gasteiger partial charge in [0, 0.05) is 49.7 Å². The van der Waals surface area contributed by atoms with E-state index in [1.165, 1.54) is 17.0 Å². The van der Waals surface area contributed by atoms with Crippen LogP contribution in [0.4, 0.5) is 0 Å². The zero-order valence-corrected chi connectivity index (χ0v) is 16.4. The lowest BCUT2D eigenvalue weighted by molar-refractivity contribution is 0.0629. The van der Waals surface area contributed by atoms with Gasteiger partial charge in [0.2, 0.25) is 10.0 Å². The molecule has 140 valence electrons. The molecule has 1 fully saturated rings. The highest BCUT2D eigenvalue weighted by Crippen LogP contribution is 2.17. The molecule has 2 heterocycles. The van der Waals surface area contributed by atoms with Crippen LogP contribution in [0.2, 0.25) is 0 Å². The fourth-order valence-corrected chi connectivity index (χ4v) is 4.82. The van der Waals surface area contributed by atoms with Gasteiger partial charge in [-0.2, -0.15) is 0 Å². The van der Waals surface area contributed by atoms with Crippen LogP contribution in [-0.2, 0) is 16.6 Å². The van der Waals surface area contributed by atoms with Crippen molar-refractivity contribution >= 4 is 27.3 Å². The molecule has 0 spiro atoms. The third-order valence-electron chi connectivity index (χ3n) is 4.34. The predicted octanol–water partition coefficient (Wildman–Crippen LogP) is 2.00. The topological polar surface area (TPSA) is 69.7 Å². The van der Waals surface area contributed by atoms with Crippen molar-refractivity contribution in [3.05, 3.63) is 52.2 Å². The second-order valence-corrected chi connectivity index (χ2v) is 8.98. The standard InChI is InChI=1S/C18H23N3O3S2/c1-2-19-26(23,24)17-7-3-5-15(13-17)18(22)21-10-8-20(9-11-21)14-16-6-4-12-25-16/h3-7,12-13,19H,2,8-11,14H2,1H3. The number of piperazine rings is 1. The summed E-state index contributed by atoms with van der Waals surface area (Å²) in [6.07, 6.45) is 0. The molecule has 1 amide bonds. The fraction of sp³-hybridized carbons (Fsp3) is 0.389. The Morgan fingerprint density at radius 1 is 1.15 bits per heavy atom. The molecule has 1 aliphatic heterocycles. The largest absolute Gasteiger partial charge is 0.336 e. The van der Waals surface area contributed by atoms with Crippen molar-refractivity contribution in [1.82, 2.24) is 14.5 Å². The summed E-state index contributed by atoms with van der Waals surface area (Å²) >= 11 is 1.74. The normalized spacial score (nSPS) is 16.0. The summed E-state index contributed by atoms with van der Waals surface area (Å²) in [5.41, 5.74) is 0.413. The number of carbonyl (C=O) groups excluding carboxylic acids is 1. The molecule has 1 aromatic heterocycles. The van der Waals surface area contributed by atoms with E-state index in [0.717, 1.165) is 19.6 Å². The second-order valence-electron chi connectivity index (χ2n) is 6.18. The van der Waals surface area contributed by atoms with Gasteiger partial charge < -0.3 is 4.90 Å². The number of hydrogen-bond donors (Lipinski definition) is 1. The average Bonchev–Trinajstić information content (AvgIpc) is 3.15. The van der Waals surface area contributed by atoms with Crippen LogP contribution in [0.5, 0.6) is 0 Å². The Morgan fingerprint density at radius 3 is 2.58 bits per heavy atom. The summed E-state index contributed by atoms with van der Waals surface area (Å²) < 4.78 is 26.7. The van der Waals surface area contributed by atoms with Crippen molar-refractivity contribution in [2.45, 2.75) is 18.4 Å². The Morgan fingerprint density at radius 2 is 1.92 bits per heavy atom. The Balaban J connectivity index is 1.63. The summed E-state index contributed by atoms with van der Waals surface area (Å²) in [4.78, 5) is 18.3. The van der Waals surface area contributed by atoms with Gasteiger partial charge in [-0.1, -0.05) is 19.1 Å². The van der Waals surface area contributed by atoms with Crippen LogP contribution in [0.25, 0.3) is 0 Å². The zero-order valence-electron chi connectivity index (χ0n) is 14.7. The molecular weight excluding hydrogens is 370 g/mol. The van der Waals surface area contributed by atoms with Crippen molar-refractivity contribution < 1.29 is 13.2 Å². The molecule has 1 aliphatic rings. The number of thiophene rings is 1. The summed E-state index contributed by atoms with van der Waals surface area (Å²) in [6, 6.07) is 10.4. The molecule has 0 atom stereocenters. The highest BCUT2D eigenvalue weighted by molar-refractivity contribution is 7.89. The maximum Gasteiger partial charge on any atom is 0.253 e. The molecule has 1 aromatic carbocycles. The van der Waals surface area contributed by atoms with Crippen LogP contribution in [0.15, 0.2) is 46.7 Å². The van der Waals surface area contributed by atoms with Crippen LogP contribution in [0, 0.1) is 0 Å². The molecule has 1 saturated heterocycles. The number of nitrogens with zero attached hydrogens (tertiary/aromatic N) is 2. The number of hydrogen-bond acceptors (Lipinski definition) is 5. The van der Waals surface area contributed by atoms with Gasteiger partial charge in [0.15, 0.2) is 0 Å². The molecule has 0 radical (unpaired) electrons. The van der Waals surface area contributed by atoms with Crippen LogP contribution in [0.1, 0.15) is 22.2 Å². The first-order chi connectivity index (χ1) is 12.5. The van der Waals surface area contributed by atoms with E-state index in [-0.39, 0.29) is 10.8 Å². The molecule has 6 nitrogen and oxygen atoms in total. The van der Waals surface area contributed by atoms with E-state index in [2.05, 4.69) is 21.1 Å². The van der Waals surface area contributed by atoms with Crippen molar-refractivity contribution in [2.24, 2.45) is 0 Å². The summed E-state index contributed by atoms with van der Waals surface area (Å²) in [6.45, 7) is 5.88. The molecule has 8 heteroatoms. The smallest absolute Gasteiger partial charge is 0.253 e. The maximum absolute atomic E-state index is 12.8. The van der Waals surface area contributed by atoms with E-state index in [4.69, 9.17) is 0 Å². The highest BCUT2D eigenvalue weighted by Gasteiger charge is 2.23. The fourth-order valence-electron chi connectivity index (χ4n) is 2.98. The number of sulfonamides is 1. The lowest BCUT2D eigenvalue weighted by Gasteiger charge is -2.34. The van der Waals surface area contributed by atoms with E-state index in [1.54, 1.807) is 35.3 Å². The van der Waals surface area contributed by atoms with Crippen molar-refractivity contribution in [3.8, 4) is 0 Å². The summed E-state index contributed by atoms with van der Waals surface area (Å²) in [5.74, 6) is -0.116. The lowest BCUT2D eigenvalue weighted by atomic mass is 10.2. The van der Waals surface area contributed by atoms with Gasteiger partial charge in [-0.25, -0.2) is 13.1 Å². The molecule has 26 heavy (non-hydrogen) atoms. The zero-order chi connectivity index (χ0) is 18.6. The quantitative estimate of drug-likeness (QED) is 0.815.